The summed E-state index contributed by atoms with van der Waals surface area (Å²) in [6.07, 6.45) is 2.46. The first kappa shape index (κ1) is 9.70. The first-order chi connectivity index (χ1) is 7.15. The number of methoxy groups -OCH3 is 1. The number of carbonyl (C=O) groups excluding carboxylic acids is 1. The van der Waals surface area contributed by atoms with Gasteiger partial charge >= 0.3 is 5.97 Å². The lowest BCUT2D eigenvalue weighted by atomic mass is 10.2. The molecule has 0 amide bonds. The van der Waals surface area contributed by atoms with Crippen molar-refractivity contribution in [3.63, 3.8) is 0 Å². The van der Waals surface area contributed by atoms with E-state index in [0.29, 0.717) is 18.7 Å². The number of esters is 1. The average molecular weight is 209 g/mol. The third-order valence-corrected chi connectivity index (χ3v) is 2.52. The van der Waals surface area contributed by atoms with Gasteiger partial charge in [0.2, 0.25) is 0 Å². The molecule has 0 bridgehead atoms. The van der Waals surface area contributed by atoms with E-state index in [1.807, 2.05) is 0 Å². The zero-order valence-electron chi connectivity index (χ0n) is 8.27. The van der Waals surface area contributed by atoms with Crippen molar-refractivity contribution >= 4 is 11.7 Å². The highest BCUT2D eigenvalue weighted by Crippen LogP contribution is 2.23. The zero-order valence-corrected chi connectivity index (χ0v) is 8.27. The monoisotopic (exact) mass is 209 g/mol. The molecule has 0 spiro atoms. The van der Waals surface area contributed by atoms with E-state index < -0.39 is 12.0 Å². The van der Waals surface area contributed by atoms with E-state index in [4.69, 9.17) is 5.73 Å². The third-order valence-electron chi connectivity index (χ3n) is 2.52. The molecule has 0 aromatic carbocycles. The molecule has 0 saturated heterocycles. The van der Waals surface area contributed by atoms with Crippen molar-refractivity contribution in [2.45, 2.75) is 18.9 Å². The van der Waals surface area contributed by atoms with Gasteiger partial charge in [0.05, 0.1) is 13.3 Å². The van der Waals surface area contributed by atoms with Crippen LogP contribution in [0.2, 0.25) is 0 Å². The molecule has 1 aromatic rings. The molecule has 2 rings (SSSR count). The average Bonchev–Trinajstić information content (AvgIpc) is 2.67. The molecule has 6 nitrogen and oxygen atoms in total. The minimum absolute atomic E-state index is 0.0505. The number of hydrogen-bond acceptors (Lipinski definition) is 5. The first-order valence-corrected chi connectivity index (χ1v) is 4.59. The molecule has 0 unspecified atom stereocenters. The predicted molar refractivity (Wildman–Crippen MR) is 52.3 cm³/mol. The number of nitrogen functional groups attached to an aromatic ring is 1. The molecular weight excluding hydrogens is 198 g/mol. The summed E-state index contributed by atoms with van der Waals surface area (Å²) >= 11 is 0. The number of ether oxygens (including phenoxy) is 1. The van der Waals surface area contributed by atoms with Gasteiger partial charge in [0.1, 0.15) is 17.6 Å². The highest BCUT2D eigenvalue weighted by atomic mass is 16.5. The molecule has 0 aliphatic carbocycles. The second kappa shape index (κ2) is 3.38. The van der Waals surface area contributed by atoms with Gasteiger partial charge < -0.3 is 10.5 Å². The molecule has 1 aliphatic heterocycles. The van der Waals surface area contributed by atoms with Crippen LogP contribution in [0.15, 0.2) is 11.0 Å². The number of nitrogens with zero attached hydrogens (tertiary/aromatic N) is 2. The summed E-state index contributed by atoms with van der Waals surface area (Å²) in [6.45, 7) is 0. The lowest BCUT2D eigenvalue weighted by Crippen LogP contribution is -2.30. The van der Waals surface area contributed by atoms with Crippen molar-refractivity contribution in [2.24, 2.45) is 0 Å². The Bertz CT molecular complexity index is 466. The summed E-state index contributed by atoms with van der Waals surface area (Å²) in [7, 11) is 1.30. The normalized spacial score (nSPS) is 18.6. The Morgan fingerprint density at radius 1 is 1.73 bits per heavy atom. The molecule has 0 radical (unpaired) electrons. The molecule has 1 aromatic heterocycles. The summed E-state index contributed by atoms with van der Waals surface area (Å²) in [6, 6.07) is -0.575. The number of carbonyl (C=O) groups is 1. The predicted octanol–water partition coefficient (Wildman–Crippen LogP) is -0.514. The second-order valence-electron chi connectivity index (χ2n) is 3.38. The van der Waals surface area contributed by atoms with Gasteiger partial charge in [-0.25, -0.2) is 9.78 Å². The summed E-state index contributed by atoms with van der Waals surface area (Å²) in [4.78, 5) is 27.1. The van der Waals surface area contributed by atoms with E-state index in [0.717, 1.165) is 0 Å². The van der Waals surface area contributed by atoms with E-state index in [9.17, 15) is 9.59 Å². The smallest absolute Gasteiger partial charge is 0.329 e. The van der Waals surface area contributed by atoms with Gasteiger partial charge in [0, 0.05) is 6.42 Å². The molecule has 1 aliphatic rings. The van der Waals surface area contributed by atoms with E-state index in [-0.39, 0.29) is 11.2 Å². The van der Waals surface area contributed by atoms with Gasteiger partial charge in [0.15, 0.2) is 0 Å². The van der Waals surface area contributed by atoms with E-state index in [1.54, 1.807) is 0 Å². The standard InChI is InChI=1S/C9H11N3O3/c1-15-9(14)6-2-3-7-11-4-5(10)8(13)12(6)7/h4,6H,2-3,10H2,1H3/t6-/m0/s1. The molecule has 2 heterocycles. The fourth-order valence-electron chi connectivity index (χ4n) is 1.78. The van der Waals surface area contributed by atoms with E-state index in [1.165, 1.54) is 17.9 Å². The fourth-order valence-corrected chi connectivity index (χ4v) is 1.78. The largest absolute Gasteiger partial charge is 0.467 e. The second-order valence-corrected chi connectivity index (χ2v) is 3.38. The van der Waals surface area contributed by atoms with Crippen LogP contribution in [0.1, 0.15) is 18.3 Å². The highest BCUT2D eigenvalue weighted by molar-refractivity contribution is 5.74. The van der Waals surface area contributed by atoms with Crippen LogP contribution in [0.25, 0.3) is 0 Å². The zero-order chi connectivity index (χ0) is 11.0. The molecule has 1 atom stereocenters. The van der Waals surface area contributed by atoms with Crippen molar-refractivity contribution in [2.75, 3.05) is 12.8 Å². The number of anilines is 1. The number of aromatic nitrogens is 2. The lowest BCUT2D eigenvalue weighted by molar-refractivity contribution is -0.144. The minimum atomic E-state index is -0.575. The molecule has 2 N–H and O–H groups in total. The van der Waals surface area contributed by atoms with E-state index in [2.05, 4.69) is 9.72 Å². The van der Waals surface area contributed by atoms with Crippen LogP contribution >= 0.6 is 0 Å². The van der Waals surface area contributed by atoms with Crippen LogP contribution in [0.4, 0.5) is 5.69 Å². The summed E-state index contributed by atoms with van der Waals surface area (Å²) < 4.78 is 5.94. The molecule has 6 heteroatoms. The van der Waals surface area contributed by atoms with Crippen molar-refractivity contribution < 1.29 is 9.53 Å². The molecule has 15 heavy (non-hydrogen) atoms. The Hall–Kier alpha value is -1.85. The SMILES string of the molecule is COC(=O)[C@@H]1CCc2ncc(N)c(=O)n21. The van der Waals surface area contributed by atoms with E-state index >= 15 is 0 Å². The van der Waals surface area contributed by atoms with Crippen LogP contribution in [0, 0.1) is 0 Å². The Morgan fingerprint density at radius 2 is 2.47 bits per heavy atom. The minimum Gasteiger partial charge on any atom is -0.467 e. The van der Waals surface area contributed by atoms with Gasteiger partial charge in [-0.2, -0.15) is 0 Å². The van der Waals surface area contributed by atoms with Gasteiger partial charge in [-0.15, -0.1) is 0 Å². The van der Waals surface area contributed by atoms with Gasteiger partial charge in [-0.05, 0) is 6.42 Å². The Labute approximate surface area is 85.7 Å². The molecule has 0 fully saturated rings. The van der Waals surface area contributed by atoms with Crippen molar-refractivity contribution in [3.05, 3.63) is 22.4 Å². The maximum atomic E-state index is 11.7. The quantitative estimate of drug-likeness (QED) is 0.629. The lowest BCUT2D eigenvalue weighted by Gasteiger charge is -2.11. The van der Waals surface area contributed by atoms with Crippen molar-refractivity contribution in [1.82, 2.24) is 9.55 Å². The maximum Gasteiger partial charge on any atom is 0.329 e. The van der Waals surface area contributed by atoms with Crippen LogP contribution in [0.3, 0.4) is 0 Å². The molecule has 0 saturated carbocycles. The third kappa shape index (κ3) is 1.38. The molecular formula is C9H11N3O3. The number of rotatable bonds is 1. The number of nitrogens with two attached hydrogens (primary N) is 1. The van der Waals surface area contributed by atoms with Crippen LogP contribution in [0.5, 0.6) is 0 Å². The Balaban J connectivity index is 2.54. The van der Waals surface area contributed by atoms with Crippen molar-refractivity contribution in [3.8, 4) is 0 Å². The molecule has 80 valence electrons. The van der Waals surface area contributed by atoms with Gasteiger partial charge in [-0.3, -0.25) is 9.36 Å². The summed E-state index contributed by atoms with van der Waals surface area (Å²) in [5, 5.41) is 0. The van der Waals surface area contributed by atoms with Crippen molar-refractivity contribution in [1.29, 1.82) is 0 Å². The van der Waals surface area contributed by atoms with Gasteiger partial charge in [-0.1, -0.05) is 0 Å². The van der Waals surface area contributed by atoms with Crippen LogP contribution < -0.4 is 11.3 Å². The Morgan fingerprint density at radius 3 is 3.13 bits per heavy atom. The fraction of sp³-hybridized carbons (Fsp3) is 0.444. The summed E-state index contributed by atoms with van der Waals surface area (Å²) in [5.74, 6) is 0.160. The number of fused-ring (bicyclic) bond motifs is 1. The van der Waals surface area contributed by atoms with Gasteiger partial charge in [0.25, 0.3) is 5.56 Å². The highest BCUT2D eigenvalue weighted by Gasteiger charge is 2.31. The summed E-state index contributed by atoms with van der Waals surface area (Å²) in [5.41, 5.74) is 5.13. The topological polar surface area (TPSA) is 87.2 Å². The van der Waals surface area contributed by atoms with Crippen LogP contribution in [-0.2, 0) is 16.0 Å². The maximum absolute atomic E-state index is 11.7. The Kier molecular flexibility index (Phi) is 2.18. The number of hydrogen-bond donors (Lipinski definition) is 1. The number of aryl methyl sites for hydroxylation is 1. The first-order valence-electron chi connectivity index (χ1n) is 4.59. The van der Waals surface area contributed by atoms with Crippen LogP contribution in [-0.4, -0.2) is 22.6 Å².